The summed E-state index contributed by atoms with van der Waals surface area (Å²) in [6.45, 7) is 1.01. The maximum Gasteiger partial charge on any atom is 0.295 e. The second-order valence-corrected chi connectivity index (χ2v) is 8.15. The number of amides is 1. The van der Waals surface area contributed by atoms with Crippen molar-refractivity contribution in [1.29, 1.82) is 0 Å². The number of nitrogens with zero attached hydrogens (tertiary/aromatic N) is 2. The average molecular weight is 471 g/mol. The minimum atomic E-state index is -0.872. The third-order valence-electron chi connectivity index (χ3n) is 5.73. The second kappa shape index (κ2) is 10.5. The summed E-state index contributed by atoms with van der Waals surface area (Å²) in [5, 5.41) is 21.6. The molecule has 3 rings (SSSR count). The highest BCUT2D eigenvalue weighted by Gasteiger charge is 2.46. The van der Waals surface area contributed by atoms with E-state index in [1.807, 2.05) is 19.0 Å². The van der Waals surface area contributed by atoms with Crippen LogP contribution in [0.1, 0.15) is 23.6 Å². The Bertz CT molecular complexity index is 1110. The van der Waals surface area contributed by atoms with Crippen LogP contribution in [-0.4, -0.2) is 80.2 Å². The lowest BCUT2D eigenvalue weighted by atomic mass is 9.94. The predicted octanol–water partition coefficient (Wildman–Crippen LogP) is 2.79. The fraction of sp³-hybridized carbons (Fsp3) is 0.360. The van der Waals surface area contributed by atoms with Gasteiger partial charge in [0.1, 0.15) is 17.3 Å². The van der Waals surface area contributed by atoms with E-state index in [0.717, 1.165) is 0 Å². The molecule has 0 spiro atoms. The molecule has 0 bridgehead atoms. The zero-order valence-corrected chi connectivity index (χ0v) is 20.0. The van der Waals surface area contributed by atoms with Gasteiger partial charge in [-0.25, -0.2) is 0 Å². The summed E-state index contributed by atoms with van der Waals surface area (Å²) in [6.07, 6.45) is 0.623. The quantitative estimate of drug-likeness (QED) is 0.327. The number of benzene rings is 2. The van der Waals surface area contributed by atoms with Crippen molar-refractivity contribution in [2.24, 2.45) is 0 Å². The molecule has 1 fully saturated rings. The number of likely N-dealkylation sites (tertiary alicyclic amines) is 1. The van der Waals surface area contributed by atoms with Crippen molar-refractivity contribution in [3.63, 3.8) is 0 Å². The maximum atomic E-state index is 13.1. The van der Waals surface area contributed by atoms with Gasteiger partial charge in [-0.1, -0.05) is 6.07 Å². The van der Waals surface area contributed by atoms with Crippen molar-refractivity contribution in [3.05, 3.63) is 53.1 Å². The summed E-state index contributed by atoms with van der Waals surface area (Å²) < 4.78 is 15.8. The Morgan fingerprint density at radius 1 is 1.00 bits per heavy atom. The zero-order chi connectivity index (χ0) is 25.0. The fourth-order valence-corrected chi connectivity index (χ4v) is 4.02. The van der Waals surface area contributed by atoms with Crippen LogP contribution in [0.4, 0.5) is 0 Å². The number of aromatic hydroxyl groups is 1. The standard InChI is InChI=1S/C25H30N2O7/c1-26(2)11-6-12-27-22(15-7-10-19(33-4)20(13-15)34-5)21(24(30)25(27)31)23(29)17-9-8-16(32-3)14-18(17)28/h7-10,13-14,22,28-29H,6,11-12H2,1-5H3. The molecule has 0 radical (unpaired) electrons. The molecule has 9 nitrogen and oxygen atoms in total. The molecule has 1 atom stereocenters. The number of aliphatic hydroxyl groups is 1. The normalized spacial score (nSPS) is 17.4. The number of phenols is 1. The summed E-state index contributed by atoms with van der Waals surface area (Å²) in [7, 11) is 8.30. The van der Waals surface area contributed by atoms with Gasteiger partial charge in [0.25, 0.3) is 11.7 Å². The molecule has 2 aromatic carbocycles. The first kappa shape index (κ1) is 24.9. The van der Waals surface area contributed by atoms with Crippen LogP contribution >= 0.6 is 0 Å². The molecular formula is C25H30N2O7. The highest BCUT2D eigenvalue weighted by Crippen LogP contribution is 2.43. The number of methoxy groups -OCH3 is 3. The van der Waals surface area contributed by atoms with Gasteiger partial charge in [0.15, 0.2) is 11.5 Å². The molecule has 1 saturated heterocycles. The van der Waals surface area contributed by atoms with E-state index in [0.29, 0.717) is 42.3 Å². The van der Waals surface area contributed by atoms with Crippen molar-refractivity contribution >= 4 is 17.4 Å². The Labute approximate surface area is 198 Å². The van der Waals surface area contributed by atoms with Gasteiger partial charge < -0.3 is 34.2 Å². The monoisotopic (exact) mass is 470 g/mol. The van der Waals surface area contributed by atoms with Crippen LogP contribution < -0.4 is 14.2 Å². The van der Waals surface area contributed by atoms with Crippen LogP contribution in [0.2, 0.25) is 0 Å². The van der Waals surface area contributed by atoms with E-state index >= 15 is 0 Å². The molecule has 9 heteroatoms. The number of Topliss-reactive ketones (excluding diaryl/α,β-unsaturated/α-hetero) is 1. The molecule has 0 aliphatic carbocycles. The van der Waals surface area contributed by atoms with Gasteiger partial charge >= 0.3 is 0 Å². The number of hydrogen-bond acceptors (Lipinski definition) is 8. The molecule has 1 amide bonds. The van der Waals surface area contributed by atoms with E-state index < -0.39 is 23.5 Å². The lowest BCUT2D eigenvalue weighted by molar-refractivity contribution is -0.139. The number of carbonyl (C=O) groups excluding carboxylic acids is 2. The number of phenolic OH excluding ortho intramolecular Hbond substituents is 1. The molecular weight excluding hydrogens is 440 g/mol. The van der Waals surface area contributed by atoms with Gasteiger partial charge in [0.2, 0.25) is 0 Å². The van der Waals surface area contributed by atoms with E-state index in [2.05, 4.69) is 0 Å². The van der Waals surface area contributed by atoms with Crippen LogP contribution in [0.5, 0.6) is 23.0 Å². The summed E-state index contributed by atoms with van der Waals surface area (Å²) >= 11 is 0. The lowest BCUT2D eigenvalue weighted by Crippen LogP contribution is -2.32. The molecule has 34 heavy (non-hydrogen) atoms. The number of ether oxygens (including phenoxy) is 3. The van der Waals surface area contributed by atoms with Crippen molar-refractivity contribution in [2.45, 2.75) is 12.5 Å². The largest absolute Gasteiger partial charge is 0.507 e. The summed E-state index contributed by atoms with van der Waals surface area (Å²) in [4.78, 5) is 29.6. The Kier molecular flexibility index (Phi) is 7.68. The first-order chi connectivity index (χ1) is 16.2. The average Bonchev–Trinajstić information content (AvgIpc) is 3.07. The highest BCUT2D eigenvalue weighted by molar-refractivity contribution is 6.46. The molecule has 182 valence electrons. The molecule has 0 saturated carbocycles. The minimum absolute atomic E-state index is 0.0255. The highest BCUT2D eigenvalue weighted by atomic mass is 16.5. The first-order valence-electron chi connectivity index (χ1n) is 10.8. The molecule has 1 aliphatic heterocycles. The molecule has 1 unspecified atom stereocenters. The second-order valence-electron chi connectivity index (χ2n) is 8.15. The molecule has 0 aromatic heterocycles. The maximum absolute atomic E-state index is 13.1. The van der Waals surface area contributed by atoms with E-state index in [4.69, 9.17) is 14.2 Å². The number of aliphatic hydroxyl groups excluding tert-OH is 1. The van der Waals surface area contributed by atoms with Crippen molar-refractivity contribution in [2.75, 3.05) is 48.5 Å². The number of rotatable bonds is 9. The Morgan fingerprint density at radius 3 is 2.29 bits per heavy atom. The van der Waals surface area contributed by atoms with E-state index in [1.165, 1.54) is 38.4 Å². The van der Waals surface area contributed by atoms with E-state index in [9.17, 15) is 19.8 Å². The van der Waals surface area contributed by atoms with Crippen LogP contribution in [0.3, 0.4) is 0 Å². The van der Waals surface area contributed by atoms with Gasteiger partial charge in [0, 0.05) is 12.6 Å². The topological polar surface area (TPSA) is 109 Å². The summed E-state index contributed by atoms with van der Waals surface area (Å²) in [6, 6.07) is 8.52. The molecule has 1 aliphatic rings. The van der Waals surface area contributed by atoms with Gasteiger partial charge in [-0.15, -0.1) is 0 Å². The third-order valence-corrected chi connectivity index (χ3v) is 5.73. The lowest BCUT2D eigenvalue weighted by Gasteiger charge is -2.26. The number of ketones is 1. The van der Waals surface area contributed by atoms with Gasteiger partial charge in [-0.3, -0.25) is 9.59 Å². The SMILES string of the molecule is COc1ccc(C(O)=C2C(=O)C(=O)N(CCCN(C)C)C2c2ccc(OC)c(OC)c2)c(O)c1. The van der Waals surface area contributed by atoms with Gasteiger partial charge in [-0.2, -0.15) is 0 Å². The number of carbonyl (C=O) groups is 2. The Balaban J connectivity index is 2.17. The van der Waals surface area contributed by atoms with Crippen molar-refractivity contribution < 1.29 is 34.0 Å². The molecule has 2 aromatic rings. The first-order valence-corrected chi connectivity index (χ1v) is 10.8. The van der Waals surface area contributed by atoms with Crippen LogP contribution in [0.25, 0.3) is 5.76 Å². The molecule has 1 heterocycles. The van der Waals surface area contributed by atoms with E-state index in [-0.39, 0.29) is 16.9 Å². The van der Waals surface area contributed by atoms with Gasteiger partial charge in [-0.05, 0) is 56.9 Å². The predicted molar refractivity (Wildman–Crippen MR) is 126 cm³/mol. The third kappa shape index (κ3) is 4.79. The van der Waals surface area contributed by atoms with Crippen LogP contribution in [0.15, 0.2) is 42.0 Å². The Morgan fingerprint density at radius 2 is 1.71 bits per heavy atom. The zero-order valence-electron chi connectivity index (χ0n) is 20.0. The van der Waals surface area contributed by atoms with Crippen molar-refractivity contribution in [3.8, 4) is 23.0 Å². The van der Waals surface area contributed by atoms with Crippen LogP contribution in [-0.2, 0) is 9.59 Å². The van der Waals surface area contributed by atoms with Gasteiger partial charge in [0.05, 0.1) is 38.5 Å². The minimum Gasteiger partial charge on any atom is -0.507 e. The number of hydrogen-bond donors (Lipinski definition) is 2. The van der Waals surface area contributed by atoms with Crippen molar-refractivity contribution in [1.82, 2.24) is 9.80 Å². The molecule has 2 N–H and O–H groups in total. The summed E-state index contributed by atoms with van der Waals surface area (Å²) in [5.74, 6) is -0.982. The smallest absolute Gasteiger partial charge is 0.295 e. The fourth-order valence-electron chi connectivity index (χ4n) is 4.02. The van der Waals surface area contributed by atoms with E-state index in [1.54, 1.807) is 24.3 Å². The summed E-state index contributed by atoms with van der Waals surface area (Å²) in [5.41, 5.74) is 0.483. The Hall–Kier alpha value is -3.72. The van der Waals surface area contributed by atoms with Crippen LogP contribution in [0, 0.1) is 0 Å².